The summed E-state index contributed by atoms with van der Waals surface area (Å²) >= 11 is 1.75. The van der Waals surface area contributed by atoms with E-state index in [-0.39, 0.29) is 6.61 Å². The fourth-order valence-electron chi connectivity index (χ4n) is 6.49. The Kier molecular flexibility index (Phi) is 10.1. The molecule has 3 heterocycles. The molecule has 3 amide bonds. The minimum atomic E-state index is -4.83. The number of amides is 3. The highest BCUT2D eigenvalue weighted by Gasteiger charge is 2.57. The number of benzene rings is 3. The first-order valence-electron chi connectivity index (χ1n) is 16.2. The van der Waals surface area contributed by atoms with Gasteiger partial charge in [0, 0.05) is 35.3 Å². The minimum Gasteiger partial charge on any atom is -0.462 e. The van der Waals surface area contributed by atoms with Gasteiger partial charge in [0.15, 0.2) is 0 Å². The Hall–Kier alpha value is -4.89. The van der Waals surface area contributed by atoms with Crippen LogP contribution >= 0.6 is 23.1 Å². The van der Waals surface area contributed by atoms with Gasteiger partial charge in [-0.1, -0.05) is 47.4 Å². The van der Waals surface area contributed by atoms with Crippen molar-refractivity contribution < 1.29 is 37.1 Å². The number of carbonyl (C=O) groups is 4. The lowest BCUT2D eigenvalue weighted by Gasteiger charge is -2.31. The van der Waals surface area contributed by atoms with Gasteiger partial charge in [0.1, 0.15) is 11.8 Å². The summed E-state index contributed by atoms with van der Waals surface area (Å²) in [5.74, 6) is -4.69. The van der Waals surface area contributed by atoms with Crippen molar-refractivity contribution in [1.82, 2.24) is 4.57 Å². The summed E-state index contributed by atoms with van der Waals surface area (Å²) in [6, 6.07) is 17.8. The lowest BCUT2D eigenvalue weighted by Crippen LogP contribution is -2.33. The number of alkyl halides is 3. The topological polar surface area (TPSA) is 118 Å². The molecule has 266 valence electrons. The molecule has 4 aromatic rings. The van der Waals surface area contributed by atoms with E-state index in [1.807, 2.05) is 26.0 Å². The highest BCUT2D eigenvalue weighted by Crippen LogP contribution is 2.54. The third kappa shape index (κ3) is 6.79. The van der Waals surface area contributed by atoms with Gasteiger partial charge >= 0.3 is 17.0 Å². The van der Waals surface area contributed by atoms with E-state index in [1.165, 1.54) is 41.0 Å². The van der Waals surface area contributed by atoms with E-state index in [4.69, 9.17) is 4.74 Å². The Morgan fingerprint density at radius 3 is 2.20 bits per heavy atom. The summed E-state index contributed by atoms with van der Waals surface area (Å²) in [5.41, 5.74) is 0.503. The van der Waals surface area contributed by atoms with Gasteiger partial charge in [0.05, 0.1) is 34.4 Å². The zero-order chi connectivity index (χ0) is 36.6. The molecule has 3 unspecified atom stereocenters. The van der Waals surface area contributed by atoms with Gasteiger partial charge in [-0.2, -0.15) is 13.2 Å². The number of rotatable bonds is 10. The van der Waals surface area contributed by atoms with Crippen molar-refractivity contribution in [2.24, 2.45) is 5.92 Å². The van der Waals surface area contributed by atoms with Crippen molar-refractivity contribution >= 4 is 63.9 Å². The highest BCUT2D eigenvalue weighted by molar-refractivity contribution is 8.00. The van der Waals surface area contributed by atoms with E-state index in [2.05, 4.69) is 10.2 Å². The number of ether oxygens (including phenoxy) is 1. The van der Waals surface area contributed by atoms with E-state index in [0.29, 0.717) is 31.6 Å². The van der Waals surface area contributed by atoms with Crippen LogP contribution in [0.2, 0.25) is 0 Å². The number of esters is 1. The van der Waals surface area contributed by atoms with Crippen molar-refractivity contribution in [1.29, 1.82) is 0 Å². The molecule has 0 saturated carbocycles. The van der Waals surface area contributed by atoms with Crippen LogP contribution in [-0.2, 0) is 31.8 Å². The van der Waals surface area contributed by atoms with Crippen LogP contribution in [-0.4, -0.2) is 53.2 Å². The van der Waals surface area contributed by atoms with Gasteiger partial charge in [-0.05, 0) is 74.9 Å². The molecular formula is C36H33F3N4O6S2. The number of hydrogen-bond acceptors (Lipinski definition) is 9. The van der Waals surface area contributed by atoms with Gasteiger partial charge in [0.25, 0.3) is 0 Å². The Morgan fingerprint density at radius 1 is 0.902 bits per heavy atom. The zero-order valence-electron chi connectivity index (χ0n) is 27.7. The normalized spacial score (nSPS) is 18.3. The molecule has 3 aromatic carbocycles. The van der Waals surface area contributed by atoms with Crippen molar-refractivity contribution in [3.05, 3.63) is 104 Å². The van der Waals surface area contributed by atoms with Crippen molar-refractivity contribution in [3.63, 3.8) is 0 Å². The number of fused-ring (bicyclic) bond motifs is 2. The molecule has 3 atom stereocenters. The van der Waals surface area contributed by atoms with Gasteiger partial charge < -0.3 is 15.0 Å². The number of nitrogens with one attached hydrogen (secondary N) is 1. The largest absolute Gasteiger partial charge is 0.462 e. The predicted molar refractivity (Wildman–Crippen MR) is 189 cm³/mol. The molecule has 1 fully saturated rings. The molecule has 1 saturated heterocycles. The van der Waals surface area contributed by atoms with Gasteiger partial charge in [0.2, 0.25) is 17.7 Å². The average Bonchev–Trinajstić information content (AvgIpc) is 3.55. The minimum absolute atomic E-state index is 0.206. The number of thiazole rings is 1. The number of thioether (sulfide) groups is 1. The second-order valence-corrected chi connectivity index (χ2v) is 13.9. The number of nitrogens with zero attached hydrogens (tertiary/aromatic N) is 3. The van der Waals surface area contributed by atoms with E-state index >= 15 is 0 Å². The second-order valence-electron chi connectivity index (χ2n) is 11.8. The first-order chi connectivity index (χ1) is 24.4. The van der Waals surface area contributed by atoms with Crippen LogP contribution in [0, 0.1) is 5.92 Å². The fraction of sp³-hybridized carbons (Fsp3) is 0.306. The lowest BCUT2D eigenvalue weighted by atomic mass is 9.83. The van der Waals surface area contributed by atoms with Crippen molar-refractivity contribution in [2.75, 3.05) is 34.8 Å². The Bertz CT molecular complexity index is 2040. The molecule has 0 aliphatic carbocycles. The Balaban J connectivity index is 1.38. The summed E-state index contributed by atoms with van der Waals surface area (Å²) in [5, 5.41) is 1.82. The molecule has 2 aliphatic rings. The number of halogens is 3. The summed E-state index contributed by atoms with van der Waals surface area (Å²) in [7, 11) is 0. The standard InChI is InChI=1S/C36H33F3N4O6S2/c1-4-41(5-2)23-17-13-20(14-18-23)27-28-29(32(46)43(31(28)45)25-10-8-7-9-24(25)36(37,38)39)50-33-30(27)51-35(48)42(33)19-26(44)40-22-15-11-21(12-16-22)34(47)49-6-3/h7-18,27-29H,4-6,19H2,1-3H3,(H,40,44). The van der Waals surface area contributed by atoms with Crippen LogP contribution in [0.4, 0.5) is 30.2 Å². The molecule has 10 nitrogen and oxygen atoms in total. The number of aromatic nitrogens is 1. The van der Waals surface area contributed by atoms with E-state index in [0.717, 1.165) is 54.0 Å². The van der Waals surface area contributed by atoms with E-state index in [9.17, 15) is 37.1 Å². The second kappa shape index (κ2) is 14.4. The molecule has 0 bridgehead atoms. The maximum absolute atomic E-state index is 14.2. The highest BCUT2D eigenvalue weighted by atomic mass is 32.2. The quantitative estimate of drug-likeness (QED) is 0.147. The monoisotopic (exact) mass is 738 g/mol. The molecular weight excluding hydrogens is 706 g/mol. The van der Waals surface area contributed by atoms with Gasteiger partial charge in [-0.25, -0.2) is 9.69 Å². The third-order valence-electron chi connectivity index (χ3n) is 8.86. The van der Waals surface area contributed by atoms with Crippen LogP contribution in [0.3, 0.4) is 0 Å². The molecule has 0 radical (unpaired) electrons. The fourth-order valence-corrected chi connectivity index (χ4v) is 9.26. The number of anilines is 3. The Morgan fingerprint density at radius 2 is 1.57 bits per heavy atom. The first kappa shape index (κ1) is 35.9. The van der Waals surface area contributed by atoms with Crippen LogP contribution in [0.1, 0.15) is 53.1 Å². The van der Waals surface area contributed by atoms with Crippen LogP contribution < -0.4 is 20.0 Å². The van der Waals surface area contributed by atoms with Gasteiger partial charge in [-0.3, -0.25) is 23.7 Å². The maximum atomic E-state index is 14.2. The molecule has 1 N–H and O–H groups in total. The zero-order valence-corrected chi connectivity index (χ0v) is 29.4. The summed E-state index contributed by atoms with van der Waals surface area (Å²) < 4.78 is 48.5. The van der Waals surface area contributed by atoms with Crippen molar-refractivity contribution in [3.8, 4) is 0 Å². The van der Waals surface area contributed by atoms with Crippen LogP contribution in [0.15, 0.2) is 82.6 Å². The molecule has 51 heavy (non-hydrogen) atoms. The van der Waals surface area contributed by atoms with Crippen molar-refractivity contribution in [2.45, 2.75) is 49.7 Å². The number of carbonyl (C=O) groups excluding carboxylic acids is 4. The summed E-state index contributed by atoms with van der Waals surface area (Å²) in [4.78, 5) is 69.7. The molecule has 1 aromatic heterocycles. The van der Waals surface area contributed by atoms with Gasteiger partial charge in [-0.15, -0.1) is 0 Å². The van der Waals surface area contributed by atoms with E-state index in [1.54, 1.807) is 19.1 Å². The SMILES string of the molecule is CCOC(=O)c1ccc(NC(=O)Cn2c3c(sc2=O)C(c2ccc(N(CC)CC)cc2)C2C(=O)N(c4ccccc4C(F)(F)F)C(=O)C2S3)cc1. The van der Waals surface area contributed by atoms with Crippen LogP contribution in [0.25, 0.3) is 0 Å². The maximum Gasteiger partial charge on any atom is 0.418 e. The average molecular weight is 739 g/mol. The molecule has 2 aliphatic heterocycles. The Labute approximate surface area is 299 Å². The third-order valence-corrected chi connectivity index (χ3v) is 11.5. The molecule has 6 rings (SSSR count). The smallest absolute Gasteiger partial charge is 0.418 e. The molecule has 15 heteroatoms. The number of para-hydroxylation sites is 1. The molecule has 0 spiro atoms. The number of hydrogen-bond donors (Lipinski definition) is 1. The summed E-state index contributed by atoms with van der Waals surface area (Å²) in [6.07, 6.45) is -4.83. The number of imide groups is 1. The summed E-state index contributed by atoms with van der Waals surface area (Å²) in [6.45, 7) is 6.96. The van der Waals surface area contributed by atoms with E-state index < -0.39 is 69.6 Å². The predicted octanol–water partition coefficient (Wildman–Crippen LogP) is 6.39. The first-order valence-corrected chi connectivity index (χ1v) is 17.9. The van der Waals surface area contributed by atoms with Crippen LogP contribution in [0.5, 0.6) is 0 Å². The lowest BCUT2D eigenvalue weighted by molar-refractivity contribution is -0.137.